The first-order valence-electron chi connectivity index (χ1n) is 6.28. The van der Waals surface area contributed by atoms with E-state index in [1.165, 1.54) is 12.1 Å². The highest BCUT2D eigenvalue weighted by molar-refractivity contribution is 6.29. The molecule has 0 aliphatic carbocycles. The standard InChI is InChI=1S/C12H16ClN3O3/c1-2-10-8-15(4-3-5-19-10)12-7-9(16(17)18)6-11(13)14-12/h6-7,10H,2-5,8H2,1H3. The molecule has 0 N–H and O–H groups in total. The summed E-state index contributed by atoms with van der Waals surface area (Å²) in [6, 6.07) is 2.72. The zero-order valence-corrected chi connectivity index (χ0v) is 11.5. The van der Waals surface area contributed by atoms with Crippen LogP contribution < -0.4 is 4.90 Å². The van der Waals surface area contributed by atoms with Crippen LogP contribution in [0.4, 0.5) is 11.5 Å². The summed E-state index contributed by atoms with van der Waals surface area (Å²) in [5.74, 6) is 0.545. The summed E-state index contributed by atoms with van der Waals surface area (Å²) in [5.41, 5.74) is -0.0341. The molecule has 7 heteroatoms. The fourth-order valence-corrected chi connectivity index (χ4v) is 2.29. The van der Waals surface area contributed by atoms with Crippen molar-refractivity contribution in [2.75, 3.05) is 24.6 Å². The number of nitrogens with zero attached hydrogens (tertiary/aromatic N) is 3. The molecule has 1 aliphatic rings. The van der Waals surface area contributed by atoms with Gasteiger partial charge in [-0.25, -0.2) is 4.98 Å². The molecule has 1 fully saturated rings. The average Bonchev–Trinajstić information content (AvgIpc) is 2.63. The Balaban J connectivity index is 2.26. The van der Waals surface area contributed by atoms with E-state index in [2.05, 4.69) is 11.9 Å². The van der Waals surface area contributed by atoms with Crippen LogP contribution in [-0.4, -0.2) is 35.7 Å². The van der Waals surface area contributed by atoms with Crippen molar-refractivity contribution in [2.45, 2.75) is 25.9 Å². The highest BCUT2D eigenvalue weighted by Crippen LogP contribution is 2.24. The van der Waals surface area contributed by atoms with E-state index in [9.17, 15) is 10.1 Å². The highest BCUT2D eigenvalue weighted by atomic mass is 35.5. The summed E-state index contributed by atoms with van der Waals surface area (Å²) in [6.07, 6.45) is 1.90. The van der Waals surface area contributed by atoms with Crippen LogP contribution in [0.15, 0.2) is 12.1 Å². The van der Waals surface area contributed by atoms with Gasteiger partial charge in [-0.2, -0.15) is 0 Å². The Morgan fingerprint density at radius 2 is 2.42 bits per heavy atom. The van der Waals surface area contributed by atoms with E-state index < -0.39 is 4.92 Å². The van der Waals surface area contributed by atoms with Crippen LogP contribution in [0.3, 0.4) is 0 Å². The van der Waals surface area contributed by atoms with Crippen molar-refractivity contribution in [1.29, 1.82) is 0 Å². The maximum absolute atomic E-state index is 10.9. The molecule has 2 rings (SSSR count). The topological polar surface area (TPSA) is 68.5 Å². The van der Waals surface area contributed by atoms with E-state index in [0.717, 1.165) is 19.4 Å². The third kappa shape index (κ3) is 3.54. The van der Waals surface area contributed by atoms with Crippen LogP contribution in [-0.2, 0) is 4.74 Å². The van der Waals surface area contributed by atoms with Gasteiger partial charge in [0, 0.05) is 19.7 Å². The molecular weight excluding hydrogens is 270 g/mol. The van der Waals surface area contributed by atoms with Crippen LogP contribution in [0.5, 0.6) is 0 Å². The van der Waals surface area contributed by atoms with Crippen LogP contribution in [0.25, 0.3) is 0 Å². The third-order valence-corrected chi connectivity index (χ3v) is 3.30. The SMILES string of the molecule is CCC1CN(c2cc([N+](=O)[O-])cc(Cl)n2)CCCO1. The minimum atomic E-state index is -0.456. The van der Waals surface area contributed by atoms with Gasteiger partial charge in [-0.15, -0.1) is 0 Å². The van der Waals surface area contributed by atoms with Gasteiger partial charge >= 0.3 is 0 Å². The number of pyridine rings is 1. The fourth-order valence-electron chi connectivity index (χ4n) is 2.09. The van der Waals surface area contributed by atoms with E-state index in [1.807, 2.05) is 4.90 Å². The van der Waals surface area contributed by atoms with Gasteiger partial charge in [-0.3, -0.25) is 10.1 Å². The molecule has 0 radical (unpaired) electrons. The number of halogens is 1. The Morgan fingerprint density at radius 3 is 3.11 bits per heavy atom. The Labute approximate surface area is 116 Å². The molecule has 2 heterocycles. The number of ether oxygens (including phenoxy) is 1. The molecule has 1 unspecified atom stereocenters. The van der Waals surface area contributed by atoms with E-state index in [4.69, 9.17) is 16.3 Å². The van der Waals surface area contributed by atoms with E-state index >= 15 is 0 Å². The molecule has 104 valence electrons. The van der Waals surface area contributed by atoms with Crippen molar-refractivity contribution in [3.05, 3.63) is 27.4 Å². The quantitative estimate of drug-likeness (QED) is 0.485. The van der Waals surface area contributed by atoms with Crippen LogP contribution >= 0.6 is 11.6 Å². The second kappa shape index (κ2) is 6.16. The fraction of sp³-hybridized carbons (Fsp3) is 0.583. The summed E-state index contributed by atoms with van der Waals surface area (Å²) < 4.78 is 5.68. The van der Waals surface area contributed by atoms with Gasteiger partial charge in [0.05, 0.1) is 23.2 Å². The predicted octanol–water partition coefficient (Wildman–Crippen LogP) is 2.65. The summed E-state index contributed by atoms with van der Waals surface area (Å²) >= 11 is 5.85. The first-order chi connectivity index (χ1) is 9.10. The normalized spacial score (nSPS) is 20.1. The molecule has 1 aliphatic heterocycles. The Kier molecular flexibility index (Phi) is 4.55. The number of nitro groups is 1. The lowest BCUT2D eigenvalue weighted by atomic mass is 10.2. The van der Waals surface area contributed by atoms with E-state index in [-0.39, 0.29) is 16.9 Å². The van der Waals surface area contributed by atoms with Crippen molar-refractivity contribution < 1.29 is 9.66 Å². The lowest BCUT2D eigenvalue weighted by molar-refractivity contribution is -0.384. The van der Waals surface area contributed by atoms with E-state index in [0.29, 0.717) is 19.0 Å². The number of anilines is 1. The van der Waals surface area contributed by atoms with Crippen molar-refractivity contribution in [3.8, 4) is 0 Å². The molecule has 0 bridgehead atoms. The van der Waals surface area contributed by atoms with Gasteiger partial charge in [0.2, 0.25) is 0 Å². The Morgan fingerprint density at radius 1 is 1.63 bits per heavy atom. The molecule has 1 aromatic heterocycles. The molecule has 0 spiro atoms. The highest BCUT2D eigenvalue weighted by Gasteiger charge is 2.21. The van der Waals surface area contributed by atoms with Gasteiger partial charge in [0.25, 0.3) is 5.69 Å². The van der Waals surface area contributed by atoms with Gasteiger partial charge in [0.1, 0.15) is 11.0 Å². The average molecular weight is 286 g/mol. The number of hydrogen-bond donors (Lipinski definition) is 0. The van der Waals surface area contributed by atoms with Crippen molar-refractivity contribution in [2.24, 2.45) is 0 Å². The summed E-state index contributed by atoms with van der Waals surface area (Å²) in [5, 5.41) is 11.0. The Bertz CT molecular complexity index is 470. The summed E-state index contributed by atoms with van der Waals surface area (Å²) in [4.78, 5) is 16.6. The number of rotatable bonds is 3. The van der Waals surface area contributed by atoms with Gasteiger partial charge in [-0.1, -0.05) is 18.5 Å². The van der Waals surface area contributed by atoms with Gasteiger partial charge < -0.3 is 9.64 Å². The maximum atomic E-state index is 10.9. The predicted molar refractivity (Wildman–Crippen MR) is 72.8 cm³/mol. The van der Waals surface area contributed by atoms with Crippen LogP contribution in [0, 0.1) is 10.1 Å². The minimum Gasteiger partial charge on any atom is -0.376 e. The molecule has 1 saturated heterocycles. The molecule has 0 amide bonds. The first kappa shape index (κ1) is 14.0. The number of aromatic nitrogens is 1. The van der Waals surface area contributed by atoms with Gasteiger partial charge in [-0.05, 0) is 12.8 Å². The molecule has 0 saturated carbocycles. The van der Waals surface area contributed by atoms with Crippen molar-refractivity contribution in [3.63, 3.8) is 0 Å². The molecular formula is C12H16ClN3O3. The summed E-state index contributed by atoms with van der Waals surface area (Å²) in [7, 11) is 0. The smallest absolute Gasteiger partial charge is 0.276 e. The zero-order chi connectivity index (χ0) is 13.8. The lowest BCUT2D eigenvalue weighted by Crippen LogP contribution is -2.32. The second-order valence-electron chi connectivity index (χ2n) is 4.46. The molecule has 0 aromatic carbocycles. The first-order valence-corrected chi connectivity index (χ1v) is 6.66. The van der Waals surface area contributed by atoms with E-state index in [1.54, 1.807) is 0 Å². The van der Waals surface area contributed by atoms with Crippen LogP contribution in [0.1, 0.15) is 19.8 Å². The monoisotopic (exact) mass is 285 g/mol. The largest absolute Gasteiger partial charge is 0.376 e. The molecule has 19 heavy (non-hydrogen) atoms. The third-order valence-electron chi connectivity index (χ3n) is 3.11. The minimum absolute atomic E-state index is 0.0341. The second-order valence-corrected chi connectivity index (χ2v) is 4.85. The van der Waals surface area contributed by atoms with Crippen LogP contribution in [0.2, 0.25) is 5.15 Å². The molecule has 1 atom stereocenters. The maximum Gasteiger partial charge on any atom is 0.276 e. The molecule has 6 nitrogen and oxygen atoms in total. The Hall–Kier alpha value is -1.40. The van der Waals surface area contributed by atoms with Crippen molar-refractivity contribution >= 4 is 23.1 Å². The van der Waals surface area contributed by atoms with Crippen molar-refractivity contribution in [1.82, 2.24) is 4.98 Å². The summed E-state index contributed by atoms with van der Waals surface area (Å²) in [6.45, 7) is 4.21. The zero-order valence-electron chi connectivity index (χ0n) is 10.7. The van der Waals surface area contributed by atoms with Gasteiger partial charge in [0.15, 0.2) is 0 Å². The number of hydrogen-bond acceptors (Lipinski definition) is 5. The molecule has 1 aromatic rings. The lowest BCUT2D eigenvalue weighted by Gasteiger charge is -2.24.